The maximum atomic E-state index is 5.80. The third kappa shape index (κ3) is 5.09. The summed E-state index contributed by atoms with van der Waals surface area (Å²) in [4.78, 5) is 0. The molecule has 0 aliphatic heterocycles. The first-order chi connectivity index (χ1) is 15.8. The van der Waals surface area contributed by atoms with Crippen molar-refractivity contribution in [3.05, 3.63) is 96.1 Å². The summed E-state index contributed by atoms with van der Waals surface area (Å²) in [6.45, 7) is 0. The molecule has 0 atom stereocenters. The van der Waals surface area contributed by atoms with Crippen molar-refractivity contribution in [2.75, 3.05) is 0 Å². The van der Waals surface area contributed by atoms with Gasteiger partial charge in [0.05, 0.1) is 0 Å². The Labute approximate surface area is 193 Å². The van der Waals surface area contributed by atoms with Crippen LogP contribution < -0.4 is 0 Å². The summed E-state index contributed by atoms with van der Waals surface area (Å²) >= 11 is 3.04. The fraction of sp³-hybridized carbons (Fsp3) is 0.0833. The highest BCUT2D eigenvalue weighted by molar-refractivity contribution is 7.98. The van der Waals surface area contributed by atoms with E-state index in [2.05, 4.69) is 44.7 Å². The highest BCUT2D eigenvalue weighted by atomic mass is 32.2. The maximum absolute atomic E-state index is 5.80. The van der Waals surface area contributed by atoms with E-state index in [0.717, 1.165) is 22.6 Å². The molecule has 0 radical (unpaired) electrons. The van der Waals surface area contributed by atoms with Gasteiger partial charge in [0.25, 0.3) is 10.4 Å². The normalized spacial score (nSPS) is 11.0. The van der Waals surface area contributed by atoms with Crippen LogP contribution in [0, 0.1) is 0 Å². The first kappa shape index (κ1) is 20.5. The van der Waals surface area contributed by atoms with Crippen LogP contribution in [-0.4, -0.2) is 20.4 Å². The predicted molar refractivity (Wildman–Crippen MR) is 125 cm³/mol. The minimum atomic E-state index is 0.483. The van der Waals surface area contributed by atoms with Crippen LogP contribution in [0.2, 0.25) is 0 Å². The maximum Gasteiger partial charge on any atom is 0.277 e. The summed E-state index contributed by atoms with van der Waals surface area (Å²) in [5.74, 6) is 2.53. The number of aromatic nitrogens is 4. The fourth-order valence-electron chi connectivity index (χ4n) is 2.96. The predicted octanol–water partition coefficient (Wildman–Crippen LogP) is 6.37. The minimum Gasteiger partial charge on any atom is -0.411 e. The largest absolute Gasteiger partial charge is 0.411 e. The zero-order chi connectivity index (χ0) is 21.6. The lowest BCUT2D eigenvalue weighted by Crippen LogP contribution is -1.81. The topological polar surface area (TPSA) is 77.8 Å². The van der Waals surface area contributed by atoms with Gasteiger partial charge >= 0.3 is 0 Å². The summed E-state index contributed by atoms with van der Waals surface area (Å²) in [7, 11) is 0. The van der Waals surface area contributed by atoms with Crippen LogP contribution in [-0.2, 0) is 11.5 Å². The van der Waals surface area contributed by atoms with Gasteiger partial charge in [0, 0.05) is 22.6 Å². The number of hydrogen-bond acceptors (Lipinski definition) is 8. The van der Waals surface area contributed by atoms with E-state index in [0.29, 0.717) is 22.2 Å². The Morgan fingerprint density at radius 2 is 0.906 bits per heavy atom. The molecule has 5 aromatic rings. The number of thioether (sulfide) groups is 2. The molecule has 6 nitrogen and oxygen atoms in total. The van der Waals surface area contributed by atoms with Gasteiger partial charge in [-0.3, -0.25) is 0 Å². The molecule has 0 aliphatic rings. The number of hydrogen-bond donors (Lipinski definition) is 0. The molecule has 0 bridgehead atoms. The smallest absolute Gasteiger partial charge is 0.277 e. The lowest BCUT2D eigenvalue weighted by Gasteiger charge is -1.98. The lowest BCUT2D eigenvalue weighted by atomic mass is 10.1. The molecule has 0 amide bonds. The van der Waals surface area contributed by atoms with E-state index >= 15 is 0 Å². The molecule has 0 saturated heterocycles. The molecular weight excluding hydrogens is 440 g/mol. The molecule has 32 heavy (non-hydrogen) atoms. The van der Waals surface area contributed by atoms with Crippen LogP contribution in [0.3, 0.4) is 0 Å². The summed E-state index contributed by atoms with van der Waals surface area (Å²) in [5, 5.41) is 17.7. The van der Waals surface area contributed by atoms with Crippen molar-refractivity contribution in [2.45, 2.75) is 22.0 Å². The molecule has 158 valence electrons. The van der Waals surface area contributed by atoms with E-state index < -0.39 is 0 Å². The fourth-order valence-corrected chi connectivity index (χ4v) is 4.40. The summed E-state index contributed by atoms with van der Waals surface area (Å²) in [5.41, 5.74) is 4.10. The van der Waals surface area contributed by atoms with Gasteiger partial charge in [-0.25, -0.2) is 0 Å². The average Bonchev–Trinajstić information content (AvgIpc) is 3.53. The van der Waals surface area contributed by atoms with Crippen molar-refractivity contribution in [2.24, 2.45) is 0 Å². The van der Waals surface area contributed by atoms with E-state index in [1.165, 1.54) is 34.7 Å². The molecule has 0 unspecified atom stereocenters. The van der Waals surface area contributed by atoms with E-state index in [-0.39, 0.29) is 0 Å². The van der Waals surface area contributed by atoms with Gasteiger partial charge < -0.3 is 8.83 Å². The number of benzene rings is 3. The van der Waals surface area contributed by atoms with Gasteiger partial charge in [0.2, 0.25) is 11.8 Å². The van der Waals surface area contributed by atoms with Crippen molar-refractivity contribution in [3.63, 3.8) is 0 Å². The molecule has 2 heterocycles. The molecule has 2 aromatic heterocycles. The Bertz CT molecular complexity index is 1170. The Morgan fingerprint density at radius 1 is 0.500 bits per heavy atom. The van der Waals surface area contributed by atoms with Crippen molar-refractivity contribution in [1.82, 2.24) is 20.4 Å². The third-order valence-electron chi connectivity index (χ3n) is 4.60. The second kappa shape index (κ2) is 9.84. The SMILES string of the molecule is c1ccc(CSc2nnc(-c3ccc(-c4nnc(SCc5ccccc5)o4)cc3)o2)cc1. The molecule has 0 N–H and O–H groups in total. The van der Waals surface area contributed by atoms with E-state index in [1.807, 2.05) is 60.7 Å². The van der Waals surface area contributed by atoms with Gasteiger partial charge in [-0.05, 0) is 35.4 Å². The Balaban J connectivity index is 1.21. The monoisotopic (exact) mass is 458 g/mol. The molecule has 5 rings (SSSR count). The average molecular weight is 459 g/mol. The van der Waals surface area contributed by atoms with Crippen molar-refractivity contribution in [3.8, 4) is 22.9 Å². The van der Waals surface area contributed by atoms with Crippen LogP contribution in [0.1, 0.15) is 11.1 Å². The van der Waals surface area contributed by atoms with E-state index in [4.69, 9.17) is 8.83 Å². The molecule has 3 aromatic carbocycles. The van der Waals surface area contributed by atoms with Crippen molar-refractivity contribution in [1.29, 1.82) is 0 Å². The number of rotatable bonds is 8. The van der Waals surface area contributed by atoms with Crippen LogP contribution in [0.5, 0.6) is 0 Å². The zero-order valence-corrected chi connectivity index (χ0v) is 18.6. The molecule has 0 aliphatic carbocycles. The second-order valence-corrected chi connectivity index (χ2v) is 8.73. The number of nitrogens with zero attached hydrogens (tertiary/aromatic N) is 4. The molecule has 0 saturated carbocycles. The van der Waals surface area contributed by atoms with Gasteiger partial charge in [0.15, 0.2) is 0 Å². The van der Waals surface area contributed by atoms with Crippen molar-refractivity contribution < 1.29 is 8.83 Å². The first-order valence-electron chi connectivity index (χ1n) is 9.95. The minimum absolute atomic E-state index is 0.483. The highest BCUT2D eigenvalue weighted by Gasteiger charge is 2.12. The zero-order valence-electron chi connectivity index (χ0n) is 16.9. The van der Waals surface area contributed by atoms with Gasteiger partial charge in [-0.15, -0.1) is 20.4 Å². The van der Waals surface area contributed by atoms with Crippen LogP contribution in [0.25, 0.3) is 22.9 Å². The summed E-state index contributed by atoms with van der Waals surface area (Å²) in [6.07, 6.45) is 0. The Kier molecular flexibility index (Phi) is 6.32. The third-order valence-corrected chi connectivity index (χ3v) is 6.38. The van der Waals surface area contributed by atoms with E-state index in [1.54, 1.807) is 0 Å². The Morgan fingerprint density at radius 3 is 1.31 bits per heavy atom. The molecule has 0 spiro atoms. The van der Waals surface area contributed by atoms with Gasteiger partial charge in [-0.2, -0.15) is 0 Å². The summed E-state index contributed by atoms with van der Waals surface area (Å²) in [6, 6.07) is 28.0. The van der Waals surface area contributed by atoms with E-state index in [9.17, 15) is 0 Å². The summed E-state index contributed by atoms with van der Waals surface area (Å²) < 4.78 is 11.6. The van der Waals surface area contributed by atoms with Gasteiger partial charge in [0.1, 0.15) is 0 Å². The highest BCUT2D eigenvalue weighted by Crippen LogP contribution is 2.29. The quantitative estimate of drug-likeness (QED) is 0.248. The van der Waals surface area contributed by atoms with Crippen LogP contribution in [0.4, 0.5) is 0 Å². The first-order valence-corrected chi connectivity index (χ1v) is 11.9. The lowest BCUT2D eigenvalue weighted by molar-refractivity contribution is 0.464. The standard InChI is InChI=1S/C24H18N4O2S2/c1-3-7-17(8-4-1)15-31-23-27-25-21(29-23)19-11-13-20(14-12-19)22-26-28-24(30-22)32-16-18-9-5-2-6-10-18/h1-14H,15-16H2. The Hall–Kier alpha value is -3.36. The van der Waals surface area contributed by atoms with Crippen LogP contribution >= 0.6 is 23.5 Å². The van der Waals surface area contributed by atoms with Crippen molar-refractivity contribution >= 4 is 23.5 Å². The second-order valence-electron chi connectivity index (χ2n) is 6.87. The van der Waals surface area contributed by atoms with Crippen LogP contribution in [0.15, 0.2) is 104 Å². The van der Waals surface area contributed by atoms with Gasteiger partial charge in [-0.1, -0.05) is 84.2 Å². The molecule has 0 fully saturated rings. The molecule has 8 heteroatoms. The molecular formula is C24H18N4O2S2.